The van der Waals surface area contributed by atoms with Crippen molar-refractivity contribution >= 4 is 11.9 Å². The first kappa shape index (κ1) is 17.0. The normalized spacial score (nSPS) is 10.2. The molecule has 0 radical (unpaired) electrons. The first-order valence-electron chi connectivity index (χ1n) is 7.18. The molecule has 5 heteroatoms. The zero-order chi connectivity index (χ0) is 15.7. The van der Waals surface area contributed by atoms with E-state index in [9.17, 15) is 9.59 Å². The molecule has 0 atom stereocenters. The number of carboxylic acids is 1. The van der Waals surface area contributed by atoms with Gasteiger partial charge in [0, 0.05) is 13.0 Å². The van der Waals surface area contributed by atoms with Crippen LogP contribution >= 0.6 is 0 Å². The lowest BCUT2D eigenvalue weighted by atomic mass is 10.1. The van der Waals surface area contributed by atoms with Crippen molar-refractivity contribution in [2.24, 2.45) is 0 Å². The fourth-order valence-corrected chi connectivity index (χ4v) is 1.99. The molecule has 0 bridgehead atoms. The van der Waals surface area contributed by atoms with Crippen molar-refractivity contribution in [2.45, 2.75) is 39.5 Å². The lowest BCUT2D eigenvalue weighted by molar-refractivity contribution is -0.137. The Morgan fingerprint density at radius 3 is 2.43 bits per heavy atom. The van der Waals surface area contributed by atoms with E-state index < -0.39 is 5.97 Å². The van der Waals surface area contributed by atoms with Crippen molar-refractivity contribution in [1.29, 1.82) is 0 Å². The van der Waals surface area contributed by atoms with Gasteiger partial charge in [0.15, 0.2) is 0 Å². The smallest absolute Gasteiger partial charge is 0.303 e. The quantitative estimate of drug-likeness (QED) is 0.686. The highest BCUT2D eigenvalue weighted by molar-refractivity contribution is 5.76. The minimum Gasteiger partial charge on any atom is -0.493 e. The van der Waals surface area contributed by atoms with Gasteiger partial charge in [-0.3, -0.25) is 9.59 Å². The van der Waals surface area contributed by atoms with Crippen LogP contribution in [0.2, 0.25) is 0 Å². The molecule has 0 aromatic heterocycles. The first-order valence-corrected chi connectivity index (χ1v) is 7.18. The van der Waals surface area contributed by atoms with Gasteiger partial charge in [-0.05, 0) is 37.8 Å². The molecular weight excluding hydrogens is 270 g/mol. The molecule has 21 heavy (non-hydrogen) atoms. The van der Waals surface area contributed by atoms with Crippen molar-refractivity contribution in [1.82, 2.24) is 5.32 Å². The fraction of sp³-hybridized carbons (Fsp3) is 0.500. The van der Waals surface area contributed by atoms with Gasteiger partial charge < -0.3 is 15.2 Å². The molecule has 0 aliphatic rings. The number of hydrogen-bond donors (Lipinski definition) is 2. The summed E-state index contributed by atoms with van der Waals surface area (Å²) >= 11 is 0. The largest absolute Gasteiger partial charge is 0.493 e. The van der Waals surface area contributed by atoms with Gasteiger partial charge in [0.1, 0.15) is 5.75 Å². The van der Waals surface area contributed by atoms with Crippen LogP contribution in [0.3, 0.4) is 0 Å². The predicted molar refractivity (Wildman–Crippen MR) is 80.5 cm³/mol. The standard InChI is InChI=1S/C16H23NO4/c1-12-6-5-7-13(2)16(12)21-11-9-14(18)17-10-4-3-8-15(19)20/h5-7H,3-4,8-11H2,1-2H3,(H,17,18)(H,19,20). The molecule has 116 valence electrons. The lowest BCUT2D eigenvalue weighted by Gasteiger charge is -2.11. The van der Waals surface area contributed by atoms with E-state index in [1.807, 2.05) is 32.0 Å². The first-order chi connectivity index (χ1) is 10.0. The number of nitrogens with one attached hydrogen (secondary N) is 1. The number of rotatable bonds is 9. The second-order valence-electron chi connectivity index (χ2n) is 5.02. The molecule has 0 spiro atoms. The molecule has 0 aliphatic heterocycles. The molecule has 1 amide bonds. The minimum atomic E-state index is -0.802. The van der Waals surface area contributed by atoms with Crippen LogP contribution in [-0.2, 0) is 9.59 Å². The van der Waals surface area contributed by atoms with Crippen LogP contribution in [0, 0.1) is 13.8 Å². The summed E-state index contributed by atoms with van der Waals surface area (Å²) in [6.07, 6.45) is 1.70. The number of amides is 1. The van der Waals surface area contributed by atoms with Gasteiger partial charge in [0.05, 0.1) is 13.0 Å². The summed E-state index contributed by atoms with van der Waals surface area (Å²) in [5, 5.41) is 11.2. The monoisotopic (exact) mass is 293 g/mol. The molecule has 1 aromatic carbocycles. The van der Waals surface area contributed by atoms with Gasteiger partial charge in [-0.1, -0.05) is 18.2 Å². The number of aryl methyl sites for hydroxylation is 2. The molecule has 0 saturated carbocycles. The lowest BCUT2D eigenvalue weighted by Crippen LogP contribution is -2.26. The highest BCUT2D eigenvalue weighted by atomic mass is 16.5. The number of carbonyl (C=O) groups is 2. The van der Waals surface area contributed by atoms with Crippen LogP contribution in [0.25, 0.3) is 0 Å². The van der Waals surface area contributed by atoms with E-state index in [0.29, 0.717) is 32.4 Å². The molecular formula is C16H23NO4. The molecule has 1 aromatic rings. The highest BCUT2D eigenvalue weighted by Gasteiger charge is 2.05. The Kier molecular flexibility index (Phi) is 7.29. The van der Waals surface area contributed by atoms with E-state index in [1.54, 1.807) is 0 Å². The maximum Gasteiger partial charge on any atom is 0.303 e. The summed E-state index contributed by atoms with van der Waals surface area (Å²) < 4.78 is 5.66. The van der Waals surface area contributed by atoms with Crippen molar-refractivity contribution in [3.05, 3.63) is 29.3 Å². The predicted octanol–water partition coefficient (Wildman–Crippen LogP) is 2.44. The van der Waals surface area contributed by atoms with Gasteiger partial charge in [-0.25, -0.2) is 0 Å². The Bertz CT molecular complexity index is 465. The maximum absolute atomic E-state index is 11.6. The zero-order valence-electron chi connectivity index (χ0n) is 12.6. The highest BCUT2D eigenvalue weighted by Crippen LogP contribution is 2.22. The molecule has 2 N–H and O–H groups in total. The number of hydrogen-bond acceptors (Lipinski definition) is 3. The summed E-state index contributed by atoms with van der Waals surface area (Å²) in [7, 11) is 0. The molecule has 1 rings (SSSR count). The van der Waals surface area contributed by atoms with E-state index in [0.717, 1.165) is 16.9 Å². The van der Waals surface area contributed by atoms with Gasteiger partial charge in [-0.2, -0.15) is 0 Å². The van der Waals surface area contributed by atoms with Crippen molar-refractivity contribution in [3.8, 4) is 5.75 Å². The summed E-state index contributed by atoms with van der Waals surface area (Å²) in [6.45, 7) is 4.80. The maximum atomic E-state index is 11.6. The van der Waals surface area contributed by atoms with E-state index in [-0.39, 0.29) is 12.3 Å². The Labute approximate surface area is 125 Å². The van der Waals surface area contributed by atoms with Crippen LogP contribution in [0.5, 0.6) is 5.75 Å². The number of benzene rings is 1. The van der Waals surface area contributed by atoms with E-state index in [4.69, 9.17) is 9.84 Å². The minimum absolute atomic E-state index is 0.0726. The van der Waals surface area contributed by atoms with E-state index in [1.165, 1.54) is 0 Å². The Morgan fingerprint density at radius 2 is 1.81 bits per heavy atom. The average Bonchev–Trinajstić information content (AvgIpc) is 2.41. The number of unbranched alkanes of at least 4 members (excludes halogenated alkanes) is 1. The van der Waals surface area contributed by atoms with Crippen molar-refractivity contribution in [3.63, 3.8) is 0 Å². The van der Waals surface area contributed by atoms with Crippen LogP contribution in [0.4, 0.5) is 0 Å². The average molecular weight is 293 g/mol. The topological polar surface area (TPSA) is 75.6 Å². The van der Waals surface area contributed by atoms with Crippen LogP contribution in [-0.4, -0.2) is 30.1 Å². The molecule has 0 unspecified atom stereocenters. The van der Waals surface area contributed by atoms with Gasteiger partial charge in [-0.15, -0.1) is 0 Å². The summed E-state index contributed by atoms with van der Waals surface area (Å²) in [4.78, 5) is 21.9. The van der Waals surface area contributed by atoms with Gasteiger partial charge in [0.2, 0.25) is 5.91 Å². The van der Waals surface area contributed by atoms with Crippen LogP contribution < -0.4 is 10.1 Å². The second kappa shape index (κ2) is 9.00. The summed E-state index contributed by atoms with van der Waals surface area (Å²) in [6, 6.07) is 5.93. The number of aliphatic carboxylic acids is 1. The Morgan fingerprint density at radius 1 is 1.14 bits per heavy atom. The molecule has 0 aliphatic carbocycles. The Hall–Kier alpha value is -2.04. The van der Waals surface area contributed by atoms with Crippen molar-refractivity contribution < 1.29 is 19.4 Å². The summed E-state index contributed by atoms with van der Waals surface area (Å²) in [5.41, 5.74) is 2.12. The van der Waals surface area contributed by atoms with Gasteiger partial charge >= 0.3 is 5.97 Å². The second-order valence-corrected chi connectivity index (χ2v) is 5.02. The summed E-state index contributed by atoms with van der Waals surface area (Å²) in [5.74, 6) is -0.0355. The van der Waals surface area contributed by atoms with Crippen LogP contribution in [0.15, 0.2) is 18.2 Å². The molecule has 5 nitrogen and oxygen atoms in total. The van der Waals surface area contributed by atoms with Crippen molar-refractivity contribution in [2.75, 3.05) is 13.2 Å². The third-order valence-electron chi connectivity index (χ3n) is 3.12. The molecule has 0 fully saturated rings. The van der Waals surface area contributed by atoms with Crippen LogP contribution in [0.1, 0.15) is 36.8 Å². The zero-order valence-corrected chi connectivity index (χ0v) is 12.6. The number of ether oxygens (including phenoxy) is 1. The third kappa shape index (κ3) is 6.79. The Balaban J connectivity index is 2.17. The van der Waals surface area contributed by atoms with Gasteiger partial charge in [0.25, 0.3) is 0 Å². The number of carbonyl (C=O) groups excluding carboxylic acids is 1. The molecule has 0 heterocycles. The third-order valence-corrected chi connectivity index (χ3v) is 3.12. The van der Waals surface area contributed by atoms with E-state index in [2.05, 4.69) is 5.32 Å². The SMILES string of the molecule is Cc1cccc(C)c1OCCC(=O)NCCCCC(=O)O. The molecule has 0 saturated heterocycles. The number of carboxylic acid groups (broad SMARTS) is 1. The number of para-hydroxylation sites is 1. The fourth-order valence-electron chi connectivity index (χ4n) is 1.99. The van der Waals surface area contributed by atoms with E-state index >= 15 is 0 Å².